The van der Waals surface area contributed by atoms with Crippen molar-refractivity contribution in [2.24, 2.45) is 0 Å². The summed E-state index contributed by atoms with van der Waals surface area (Å²) in [7, 11) is 0. The van der Waals surface area contributed by atoms with Crippen molar-refractivity contribution in [2.45, 2.75) is 33.4 Å². The van der Waals surface area contributed by atoms with Gasteiger partial charge in [-0.05, 0) is 66.8 Å². The van der Waals surface area contributed by atoms with E-state index in [9.17, 15) is 9.59 Å². The number of amides is 2. The van der Waals surface area contributed by atoms with E-state index in [1.165, 1.54) is 5.56 Å². The number of benzene rings is 2. The van der Waals surface area contributed by atoms with Gasteiger partial charge in [-0.2, -0.15) is 0 Å². The lowest BCUT2D eigenvalue weighted by Gasteiger charge is -2.31. The molecule has 2 amide bonds. The number of aryl methyl sites for hydroxylation is 2. The predicted octanol–water partition coefficient (Wildman–Crippen LogP) is 3.56. The fraction of sp³-hybridized carbons (Fsp3) is 0.269. The molecular formula is C26H25N3O4. The zero-order valence-electron chi connectivity index (χ0n) is 18.7. The first-order chi connectivity index (χ1) is 16.0. The number of aromatic nitrogens is 1. The highest BCUT2D eigenvalue weighted by Gasteiger charge is 2.25. The highest BCUT2D eigenvalue weighted by Crippen LogP contribution is 2.32. The van der Waals surface area contributed by atoms with E-state index in [2.05, 4.69) is 10.3 Å². The number of carbonyl (C=O) groups excluding carboxylic acids is 2. The Bertz CT molecular complexity index is 1250. The van der Waals surface area contributed by atoms with Crippen LogP contribution in [0.1, 0.15) is 48.7 Å². The lowest BCUT2D eigenvalue weighted by molar-refractivity contribution is 0.0733. The van der Waals surface area contributed by atoms with Crippen molar-refractivity contribution < 1.29 is 19.1 Å². The van der Waals surface area contributed by atoms with E-state index < -0.39 is 0 Å². The molecule has 7 nitrogen and oxygen atoms in total. The van der Waals surface area contributed by atoms with Crippen molar-refractivity contribution in [3.63, 3.8) is 0 Å². The third-order valence-corrected chi connectivity index (χ3v) is 6.32. The van der Waals surface area contributed by atoms with Gasteiger partial charge in [-0.25, -0.2) is 0 Å². The van der Waals surface area contributed by atoms with Crippen LogP contribution >= 0.6 is 0 Å². The zero-order valence-corrected chi connectivity index (χ0v) is 18.7. The maximum Gasteiger partial charge on any atom is 0.254 e. The summed E-state index contributed by atoms with van der Waals surface area (Å²) < 4.78 is 10.7. The molecule has 0 saturated carbocycles. The Kier molecular flexibility index (Phi) is 5.46. The van der Waals surface area contributed by atoms with Crippen LogP contribution in [-0.2, 0) is 19.5 Å². The number of nitrogens with zero attached hydrogens (tertiary/aromatic N) is 2. The zero-order chi connectivity index (χ0) is 22.9. The van der Waals surface area contributed by atoms with Crippen molar-refractivity contribution in [3.8, 4) is 11.5 Å². The maximum atomic E-state index is 13.1. The van der Waals surface area contributed by atoms with Gasteiger partial charge in [-0.15, -0.1) is 0 Å². The summed E-state index contributed by atoms with van der Waals surface area (Å²) in [6.07, 6.45) is 2.58. The van der Waals surface area contributed by atoms with Crippen LogP contribution in [-0.4, -0.2) is 35.0 Å². The number of nitrogens with one attached hydrogen (secondary N) is 1. The van der Waals surface area contributed by atoms with E-state index in [-0.39, 0.29) is 18.6 Å². The van der Waals surface area contributed by atoms with Gasteiger partial charge in [-0.1, -0.05) is 18.2 Å². The predicted molar refractivity (Wildman–Crippen MR) is 122 cm³/mol. The SMILES string of the molecule is Cc1ccccc1C(=O)N1CCc2c(cnc(C)c2CNC(=O)c2ccc3c(c2)OCO3)C1. The number of carbonyl (C=O) groups is 2. The van der Waals surface area contributed by atoms with Crippen molar-refractivity contribution in [3.05, 3.63) is 87.7 Å². The van der Waals surface area contributed by atoms with Gasteiger partial charge in [0.1, 0.15) is 0 Å². The fourth-order valence-electron chi connectivity index (χ4n) is 4.42. The highest BCUT2D eigenvalue weighted by molar-refractivity contribution is 5.96. The number of pyridine rings is 1. The summed E-state index contributed by atoms with van der Waals surface area (Å²) in [5.41, 5.74) is 6.33. The first-order valence-corrected chi connectivity index (χ1v) is 11.0. The molecule has 0 atom stereocenters. The smallest absolute Gasteiger partial charge is 0.254 e. The molecule has 33 heavy (non-hydrogen) atoms. The Morgan fingerprint density at radius 3 is 2.76 bits per heavy atom. The number of ether oxygens (including phenoxy) is 2. The van der Waals surface area contributed by atoms with E-state index in [0.29, 0.717) is 36.7 Å². The molecule has 1 aromatic heterocycles. The number of fused-ring (bicyclic) bond motifs is 2. The van der Waals surface area contributed by atoms with Gasteiger partial charge >= 0.3 is 0 Å². The van der Waals surface area contributed by atoms with E-state index >= 15 is 0 Å². The number of rotatable bonds is 4. The summed E-state index contributed by atoms with van der Waals surface area (Å²) in [5.74, 6) is 1.08. The molecule has 1 N–H and O–H groups in total. The van der Waals surface area contributed by atoms with E-state index in [4.69, 9.17) is 9.47 Å². The molecule has 7 heteroatoms. The van der Waals surface area contributed by atoms with E-state index in [1.54, 1.807) is 18.2 Å². The van der Waals surface area contributed by atoms with Gasteiger partial charge in [0.15, 0.2) is 11.5 Å². The molecular weight excluding hydrogens is 418 g/mol. The molecule has 2 aliphatic rings. The summed E-state index contributed by atoms with van der Waals surface area (Å²) >= 11 is 0. The van der Waals surface area contributed by atoms with Crippen LogP contribution in [0, 0.1) is 13.8 Å². The molecule has 0 spiro atoms. The van der Waals surface area contributed by atoms with Gasteiger partial charge in [0.2, 0.25) is 6.79 Å². The Morgan fingerprint density at radius 1 is 1.09 bits per heavy atom. The van der Waals surface area contributed by atoms with Gasteiger partial charge in [0.05, 0.1) is 0 Å². The summed E-state index contributed by atoms with van der Waals surface area (Å²) in [5, 5.41) is 3.01. The Balaban J connectivity index is 1.31. The minimum atomic E-state index is -0.183. The van der Waals surface area contributed by atoms with Crippen LogP contribution in [0.5, 0.6) is 11.5 Å². The van der Waals surface area contributed by atoms with Crippen LogP contribution in [0.3, 0.4) is 0 Å². The lowest BCUT2D eigenvalue weighted by atomic mass is 9.94. The highest BCUT2D eigenvalue weighted by atomic mass is 16.7. The Labute approximate surface area is 192 Å². The monoisotopic (exact) mass is 443 g/mol. The summed E-state index contributed by atoms with van der Waals surface area (Å²) in [6, 6.07) is 12.8. The number of hydrogen-bond acceptors (Lipinski definition) is 5. The van der Waals surface area contributed by atoms with E-state index in [0.717, 1.165) is 34.4 Å². The van der Waals surface area contributed by atoms with Crippen LogP contribution in [0.25, 0.3) is 0 Å². The van der Waals surface area contributed by atoms with Gasteiger partial charge in [0, 0.05) is 42.7 Å². The molecule has 3 aromatic rings. The van der Waals surface area contributed by atoms with Gasteiger partial charge in [-0.3, -0.25) is 14.6 Å². The Hall–Kier alpha value is -3.87. The van der Waals surface area contributed by atoms with Crippen LogP contribution in [0.4, 0.5) is 0 Å². The average Bonchev–Trinajstić information content (AvgIpc) is 3.31. The Morgan fingerprint density at radius 2 is 1.91 bits per heavy atom. The molecule has 2 aliphatic heterocycles. The molecule has 0 radical (unpaired) electrons. The second kappa shape index (κ2) is 8.58. The van der Waals surface area contributed by atoms with Crippen LogP contribution in [0.2, 0.25) is 0 Å². The molecule has 168 valence electrons. The van der Waals surface area contributed by atoms with Crippen LogP contribution < -0.4 is 14.8 Å². The van der Waals surface area contributed by atoms with Crippen LogP contribution in [0.15, 0.2) is 48.7 Å². The molecule has 5 rings (SSSR count). The normalized spacial score (nSPS) is 14.1. The summed E-state index contributed by atoms with van der Waals surface area (Å²) in [4.78, 5) is 32.2. The fourth-order valence-corrected chi connectivity index (χ4v) is 4.42. The standard InChI is InChI=1S/C26H25N3O4/c1-16-5-3-4-6-20(16)26(31)29-10-9-21-19(14-29)12-27-17(2)22(21)13-28-25(30)18-7-8-23-24(11-18)33-15-32-23/h3-8,11-12H,9-10,13-15H2,1-2H3,(H,28,30). The van der Waals surface area contributed by atoms with Crippen molar-refractivity contribution in [2.75, 3.05) is 13.3 Å². The second-order valence-corrected chi connectivity index (χ2v) is 8.37. The minimum absolute atomic E-state index is 0.0389. The molecule has 0 fully saturated rings. The van der Waals surface area contributed by atoms with Crippen molar-refractivity contribution >= 4 is 11.8 Å². The first-order valence-electron chi connectivity index (χ1n) is 11.0. The second-order valence-electron chi connectivity index (χ2n) is 8.37. The molecule has 2 aromatic carbocycles. The summed E-state index contributed by atoms with van der Waals surface area (Å²) in [6.45, 7) is 5.60. The average molecular weight is 444 g/mol. The molecule has 0 aliphatic carbocycles. The third-order valence-electron chi connectivity index (χ3n) is 6.32. The third kappa shape index (κ3) is 4.02. The topological polar surface area (TPSA) is 80.8 Å². The maximum absolute atomic E-state index is 13.1. The first kappa shape index (κ1) is 21.0. The minimum Gasteiger partial charge on any atom is -0.454 e. The molecule has 0 bridgehead atoms. The molecule has 3 heterocycles. The van der Waals surface area contributed by atoms with Crippen molar-refractivity contribution in [1.29, 1.82) is 0 Å². The van der Waals surface area contributed by atoms with Gasteiger partial charge in [0.25, 0.3) is 11.8 Å². The lowest BCUT2D eigenvalue weighted by Crippen LogP contribution is -2.37. The number of hydrogen-bond donors (Lipinski definition) is 1. The quantitative estimate of drug-likeness (QED) is 0.667. The van der Waals surface area contributed by atoms with E-state index in [1.807, 2.05) is 49.2 Å². The van der Waals surface area contributed by atoms with Crippen molar-refractivity contribution in [1.82, 2.24) is 15.2 Å². The van der Waals surface area contributed by atoms with Gasteiger partial charge < -0.3 is 19.7 Å². The largest absolute Gasteiger partial charge is 0.454 e. The molecule has 0 saturated heterocycles. The molecule has 0 unspecified atom stereocenters.